The van der Waals surface area contributed by atoms with Crippen LogP contribution in [0.15, 0.2) is 30.3 Å². The van der Waals surface area contributed by atoms with Crippen LogP contribution in [0.2, 0.25) is 0 Å². The zero-order valence-corrected chi connectivity index (χ0v) is 14.0. The van der Waals surface area contributed by atoms with Crippen LogP contribution in [0.25, 0.3) is 0 Å². The first-order valence-corrected chi connectivity index (χ1v) is 7.83. The second-order valence-electron chi connectivity index (χ2n) is 6.10. The zero-order chi connectivity index (χ0) is 16.5. The molecule has 1 aromatic rings. The summed E-state index contributed by atoms with van der Waals surface area (Å²) in [6.45, 7) is 7.01. The summed E-state index contributed by atoms with van der Waals surface area (Å²) in [6.07, 6.45) is 1.19. The van der Waals surface area contributed by atoms with E-state index in [1.54, 1.807) is 11.8 Å². The number of carbonyl (C=O) groups is 2. The van der Waals surface area contributed by atoms with Crippen LogP contribution in [0.3, 0.4) is 0 Å². The first kappa shape index (κ1) is 18.2. The van der Waals surface area contributed by atoms with Gasteiger partial charge in [0.2, 0.25) is 5.91 Å². The van der Waals surface area contributed by atoms with E-state index in [1.807, 2.05) is 30.3 Å². The third-order valence-corrected chi connectivity index (χ3v) is 3.51. The van der Waals surface area contributed by atoms with Crippen LogP contribution < -0.4 is 0 Å². The minimum atomic E-state index is -0.301. The van der Waals surface area contributed by atoms with Gasteiger partial charge in [0, 0.05) is 19.5 Å². The average molecular weight is 305 g/mol. The van der Waals surface area contributed by atoms with E-state index in [0.717, 1.165) is 12.0 Å². The number of methoxy groups -OCH3 is 1. The smallest absolute Gasteiger partial charge is 0.310 e. The topological polar surface area (TPSA) is 46.6 Å². The van der Waals surface area contributed by atoms with Crippen molar-refractivity contribution in [2.45, 2.75) is 33.6 Å². The van der Waals surface area contributed by atoms with Crippen LogP contribution >= 0.6 is 0 Å². The van der Waals surface area contributed by atoms with Crippen LogP contribution in [-0.4, -0.2) is 37.0 Å². The van der Waals surface area contributed by atoms with E-state index in [4.69, 9.17) is 4.74 Å². The molecule has 22 heavy (non-hydrogen) atoms. The number of aryl methyl sites for hydroxylation is 1. The van der Waals surface area contributed by atoms with Gasteiger partial charge in [-0.1, -0.05) is 51.1 Å². The lowest BCUT2D eigenvalue weighted by atomic mass is 10.1. The number of amides is 1. The maximum Gasteiger partial charge on any atom is 0.310 e. The number of hydrogen-bond donors (Lipinski definition) is 0. The average Bonchev–Trinajstić information content (AvgIpc) is 2.51. The van der Waals surface area contributed by atoms with Crippen LogP contribution in [0, 0.1) is 11.8 Å². The predicted octanol–water partition coefficient (Wildman–Crippen LogP) is 2.91. The van der Waals surface area contributed by atoms with Crippen LogP contribution in [0.4, 0.5) is 0 Å². The first-order chi connectivity index (χ1) is 10.4. The van der Waals surface area contributed by atoms with Gasteiger partial charge < -0.3 is 9.64 Å². The lowest BCUT2D eigenvalue weighted by Gasteiger charge is -2.27. The van der Waals surface area contributed by atoms with Crippen molar-refractivity contribution in [3.8, 4) is 0 Å². The molecule has 122 valence electrons. The molecule has 1 rings (SSSR count). The second kappa shape index (κ2) is 9.23. The molecule has 4 nitrogen and oxygen atoms in total. The highest BCUT2D eigenvalue weighted by Crippen LogP contribution is 2.10. The van der Waals surface area contributed by atoms with E-state index in [2.05, 4.69) is 13.8 Å². The normalized spacial score (nSPS) is 12.0. The molecule has 1 aromatic carbocycles. The highest BCUT2D eigenvalue weighted by Gasteiger charge is 2.21. The monoisotopic (exact) mass is 305 g/mol. The van der Waals surface area contributed by atoms with Gasteiger partial charge in [0.05, 0.1) is 13.0 Å². The van der Waals surface area contributed by atoms with Crippen molar-refractivity contribution in [1.82, 2.24) is 4.90 Å². The second-order valence-corrected chi connectivity index (χ2v) is 6.10. The van der Waals surface area contributed by atoms with E-state index in [0.29, 0.717) is 25.4 Å². The molecule has 0 bridgehead atoms. The summed E-state index contributed by atoms with van der Waals surface area (Å²) < 4.78 is 4.75. The van der Waals surface area contributed by atoms with Crippen LogP contribution in [0.5, 0.6) is 0 Å². The fraction of sp³-hybridized carbons (Fsp3) is 0.556. The van der Waals surface area contributed by atoms with Gasteiger partial charge in [-0.05, 0) is 17.9 Å². The molecular formula is C18H27NO3. The highest BCUT2D eigenvalue weighted by molar-refractivity contribution is 5.78. The third-order valence-electron chi connectivity index (χ3n) is 3.51. The summed E-state index contributed by atoms with van der Waals surface area (Å²) in [5.41, 5.74) is 1.15. The molecule has 0 aliphatic carbocycles. The molecule has 0 aliphatic heterocycles. The summed E-state index contributed by atoms with van der Waals surface area (Å²) in [7, 11) is 1.38. The number of benzene rings is 1. The van der Waals surface area contributed by atoms with Crippen LogP contribution in [0.1, 0.15) is 32.8 Å². The molecule has 0 radical (unpaired) electrons. The van der Waals surface area contributed by atoms with Gasteiger partial charge >= 0.3 is 5.97 Å². The Bertz CT molecular complexity index is 470. The Morgan fingerprint density at radius 2 is 1.73 bits per heavy atom. The van der Waals surface area contributed by atoms with Crippen molar-refractivity contribution in [1.29, 1.82) is 0 Å². The minimum Gasteiger partial charge on any atom is -0.469 e. The zero-order valence-electron chi connectivity index (χ0n) is 14.0. The van der Waals surface area contributed by atoms with Gasteiger partial charge in [-0.15, -0.1) is 0 Å². The van der Waals surface area contributed by atoms with Crippen LogP contribution in [-0.2, 0) is 20.7 Å². The van der Waals surface area contributed by atoms with Gasteiger partial charge in [0.25, 0.3) is 0 Å². The molecule has 0 fully saturated rings. The van der Waals surface area contributed by atoms with Crippen molar-refractivity contribution < 1.29 is 14.3 Å². The molecule has 1 atom stereocenters. The van der Waals surface area contributed by atoms with Crippen molar-refractivity contribution in [2.75, 3.05) is 20.2 Å². The molecule has 0 saturated heterocycles. The van der Waals surface area contributed by atoms with Gasteiger partial charge in [0.1, 0.15) is 0 Å². The Kier molecular flexibility index (Phi) is 7.64. The number of hydrogen-bond acceptors (Lipinski definition) is 3. The first-order valence-electron chi connectivity index (χ1n) is 7.83. The fourth-order valence-electron chi connectivity index (χ4n) is 2.38. The van der Waals surface area contributed by atoms with Crippen molar-refractivity contribution in [3.63, 3.8) is 0 Å². The number of esters is 1. The Morgan fingerprint density at radius 1 is 1.09 bits per heavy atom. The standard InChI is InChI=1S/C18H27NO3/c1-14(2)12-19(13-15(3)18(21)22-4)17(20)11-10-16-8-6-5-7-9-16/h5-9,14-15H,10-13H2,1-4H3. The number of rotatable bonds is 8. The molecule has 1 unspecified atom stereocenters. The van der Waals surface area contributed by atoms with E-state index in [1.165, 1.54) is 7.11 Å². The largest absolute Gasteiger partial charge is 0.469 e. The molecule has 0 spiro atoms. The van der Waals surface area contributed by atoms with E-state index < -0.39 is 0 Å². The van der Waals surface area contributed by atoms with Gasteiger partial charge in [-0.2, -0.15) is 0 Å². The Morgan fingerprint density at radius 3 is 2.27 bits per heavy atom. The predicted molar refractivity (Wildman–Crippen MR) is 87.4 cm³/mol. The summed E-state index contributed by atoms with van der Waals surface area (Å²) in [5, 5.41) is 0. The molecule has 0 saturated carbocycles. The van der Waals surface area contributed by atoms with E-state index in [9.17, 15) is 9.59 Å². The molecule has 0 heterocycles. The van der Waals surface area contributed by atoms with Crippen molar-refractivity contribution in [3.05, 3.63) is 35.9 Å². The number of nitrogens with zero attached hydrogens (tertiary/aromatic N) is 1. The third kappa shape index (κ3) is 6.29. The van der Waals surface area contributed by atoms with E-state index >= 15 is 0 Å². The molecule has 0 aliphatic rings. The summed E-state index contributed by atoms with van der Waals surface area (Å²) in [4.78, 5) is 25.8. The fourth-order valence-corrected chi connectivity index (χ4v) is 2.38. The Hall–Kier alpha value is -1.84. The molecule has 4 heteroatoms. The number of ether oxygens (including phenoxy) is 1. The lowest BCUT2D eigenvalue weighted by molar-refractivity contribution is -0.146. The van der Waals surface area contributed by atoms with Gasteiger partial charge in [0.15, 0.2) is 0 Å². The minimum absolute atomic E-state index is 0.0910. The molecule has 0 aromatic heterocycles. The Labute approximate surface area is 133 Å². The summed E-state index contributed by atoms with van der Waals surface area (Å²) >= 11 is 0. The summed E-state index contributed by atoms with van der Waals surface area (Å²) in [6, 6.07) is 9.97. The quantitative estimate of drug-likeness (QED) is 0.694. The SMILES string of the molecule is COC(=O)C(C)CN(CC(C)C)C(=O)CCc1ccccc1. The summed E-state index contributed by atoms with van der Waals surface area (Å²) in [5.74, 6) is -0.118. The van der Waals surface area contributed by atoms with Gasteiger partial charge in [-0.25, -0.2) is 0 Å². The maximum absolute atomic E-state index is 12.5. The molecular weight excluding hydrogens is 278 g/mol. The van der Waals surface area contributed by atoms with E-state index in [-0.39, 0.29) is 17.8 Å². The van der Waals surface area contributed by atoms with Gasteiger partial charge in [-0.3, -0.25) is 9.59 Å². The number of carbonyl (C=O) groups excluding carboxylic acids is 2. The maximum atomic E-state index is 12.5. The van der Waals surface area contributed by atoms with Crippen molar-refractivity contribution in [2.24, 2.45) is 11.8 Å². The highest BCUT2D eigenvalue weighted by atomic mass is 16.5. The molecule has 1 amide bonds. The lowest BCUT2D eigenvalue weighted by Crippen LogP contribution is -2.39. The van der Waals surface area contributed by atoms with Crippen molar-refractivity contribution >= 4 is 11.9 Å². The molecule has 0 N–H and O–H groups in total. The Balaban J connectivity index is 2.61.